The number of rotatable bonds is 0. The molecule has 62 valence electrons. The van der Waals surface area contributed by atoms with Gasteiger partial charge in [-0.25, -0.2) is 9.59 Å². The standard InChI is InChI=1S/C4H6O4.2H2O/c1-7-3(5)4(6)8-2;;/h1-2H3;2*1H2. The minimum Gasteiger partial charge on any atom is -0.461 e. The van der Waals surface area contributed by atoms with E-state index in [1.54, 1.807) is 0 Å². The van der Waals surface area contributed by atoms with Crippen molar-refractivity contribution >= 4 is 11.9 Å². The molecule has 0 bridgehead atoms. The van der Waals surface area contributed by atoms with Gasteiger partial charge in [-0.3, -0.25) is 0 Å². The molecule has 0 atom stereocenters. The van der Waals surface area contributed by atoms with E-state index in [4.69, 9.17) is 0 Å². The zero-order valence-electron chi connectivity index (χ0n) is 5.63. The molecule has 0 spiro atoms. The van der Waals surface area contributed by atoms with E-state index >= 15 is 0 Å². The van der Waals surface area contributed by atoms with E-state index in [0.29, 0.717) is 0 Å². The summed E-state index contributed by atoms with van der Waals surface area (Å²) in [4.78, 5) is 20.1. The normalized spacial score (nSPS) is 6.20. The van der Waals surface area contributed by atoms with Crippen molar-refractivity contribution in [2.24, 2.45) is 0 Å². The molecule has 0 aromatic rings. The largest absolute Gasteiger partial charge is 0.461 e. The Balaban J connectivity index is -0.000000245. The van der Waals surface area contributed by atoms with Crippen molar-refractivity contribution in [1.82, 2.24) is 0 Å². The zero-order valence-corrected chi connectivity index (χ0v) is 5.63. The number of methoxy groups -OCH3 is 2. The molecule has 0 amide bonds. The molecule has 0 aliphatic heterocycles. The summed E-state index contributed by atoms with van der Waals surface area (Å²) in [7, 11) is 2.22. The van der Waals surface area contributed by atoms with Gasteiger partial charge in [-0.1, -0.05) is 0 Å². The molecular weight excluding hydrogens is 144 g/mol. The lowest BCUT2D eigenvalue weighted by molar-refractivity contribution is -0.164. The highest BCUT2D eigenvalue weighted by Crippen LogP contribution is 1.75. The summed E-state index contributed by atoms with van der Waals surface area (Å²) in [5.74, 6) is -1.96. The number of esters is 2. The van der Waals surface area contributed by atoms with E-state index in [2.05, 4.69) is 9.47 Å². The Bertz CT molecular complexity index is 94.3. The van der Waals surface area contributed by atoms with Gasteiger partial charge in [0.1, 0.15) is 0 Å². The fraction of sp³-hybridized carbons (Fsp3) is 0.500. The predicted octanol–water partition coefficient (Wildman–Crippen LogP) is -2.32. The van der Waals surface area contributed by atoms with Crippen LogP contribution in [0.3, 0.4) is 0 Å². The fourth-order valence-electron chi connectivity index (χ4n) is 0.167. The first-order valence-corrected chi connectivity index (χ1v) is 1.88. The molecule has 0 radical (unpaired) electrons. The highest BCUT2D eigenvalue weighted by Gasteiger charge is 2.11. The van der Waals surface area contributed by atoms with Crippen molar-refractivity contribution in [2.75, 3.05) is 14.2 Å². The third-order valence-electron chi connectivity index (χ3n) is 0.537. The average Bonchev–Trinajstić information content (AvgIpc) is 1.84. The molecular formula is C4H10O6. The Labute approximate surface area is 57.3 Å². The van der Waals surface area contributed by atoms with Crippen LogP contribution >= 0.6 is 0 Å². The molecule has 0 unspecified atom stereocenters. The first-order chi connectivity index (χ1) is 3.72. The molecule has 0 aliphatic rings. The molecule has 0 aromatic carbocycles. The Hall–Kier alpha value is -1.14. The van der Waals surface area contributed by atoms with Crippen molar-refractivity contribution in [2.45, 2.75) is 0 Å². The zero-order chi connectivity index (χ0) is 6.57. The summed E-state index contributed by atoms with van der Waals surface area (Å²) in [5, 5.41) is 0. The van der Waals surface area contributed by atoms with E-state index in [0.717, 1.165) is 14.2 Å². The van der Waals surface area contributed by atoms with Gasteiger partial charge in [-0.05, 0) is 0 Å². The summed E-state index contributed by atoms with van der Waals surface area (Å²) in [6.45, 7) is 0. The van der Waals surface area contributed by atoms with Gasteiger partial charge in [0.25, 0.3) is 0 Å². The topological polar surface area (TPSA) is 116 Å². The second kappa shape index (κ2) is 7.86. The third kappa shape index (κ3) is 5.01. The maximum Gasteiger partial charge on any atom is 0.417 e. The smallest absolute Gasteiger partial charge is 0.417 e. The van der Waals surface area contributed by atoms with Crippen LogP contribution in [0.1, 0.15) is 0 Å². The van der Waals surface area contributed by atoms with Gasteiger partial charge < -0.3 is 20.4 Å². The van der Waals surface area contributed by atoms with Crippen molar-refractivity contribution in [3.63, 3.8) is 0 Å². The van der Waals surface area contributed by atoms with Gasteiger partial charge in [0.05, 0.1) is 14.2 Å². The molecule has 6 heteroatoms. The predicted molar refractivity (Wildman–Crippen MR) is 31.3 cm³/mol. The monoisotopic (exact) mass is 154 g/mol. The number of hydrogen-bond acceptors (Lipinski definition) is 4. The van der Waals surface area contributed by atoms with Crippen LogP contribution in [-0.4, -0.2) is 37.1 Å². The van der Waals surface area contributed by atoms with Crippen molar-refractivity contribution < 1.29 is 30.0 Å². The SMILES string of the molecule is COC(=O)C(=O)OC.O.O. The van der Waals surface area contributed by atoms with Crippen LogP contribution < -0.4 is 0 Å². The van der Waals surface area contributed by atoms with Gasteiger partial charge in [0.2, 0.25) is 0 Å². The van der Waals surface area contributed by atoms with Gasteiger partial charge in [0, 0.05) is 0 Å². The fourth-order valence-corrected chi connectivity index (χ4v) is 0.167. The summed E-state index contributed by atoms with van der Waals surface area (Å²) >= 11 is 0. The van der Waals surface area contributed by atoms with Gasteiger partial charge in [0.15, 0.2) is 0 Å². The Kier molecular flexibility index (Phi) is 12.5. The van der Waals surface area contributed by atoms with Crippen molar-refractivity contribution in [1.29, 1.82) is 0 Å². The molecule has 6 nitrogen and oxygen atoms in total. The molecule has 0 heterocycles. The number of carbonyl (C=O) groups is 2. The highest BCUT2D eigenvalue weighted by molar-refractivity contribution is 6.29. The van der Waals surface area contributed by atoms with Crippen LogP contribution in [-0.2, 0) is 19.1 Å². The van der Waals surface area contributed by atoms with Crippen LogP contribution in [0.4, 0.5) is 0 Å². The highest BCUT2D eigenvalue weighted by atomic mass is 16.6. The third-order valence-corrected chi connectivity index (χ3v) is 0.537. The number of carbonyl (C=O) groups excluding carboxylic acids is 2. The lowest BCUT2D eigenvalue weighted by atomic mass is 10.7. The van der Waals surface area contributed by atoms with Crippen LogP contribution in [0.25, 0.3) is 0 Å². The summed E-state index contributed by atoms with van der Waals surface area (Å²) in [6.07, 6.45) is 0. The molecule has 0 saturated heterocycles. The summed E-state index contributed by atoms with van der Waals surface area (Å²) in [6, 6.07) is 0. The van der Waals surface area contributed by atoms with Crippen molar-refractivity contribution in [3.05, 3.63) is 0 Å². The minimum absolute atomic E-state index is 0. The maximum atomic E-state index is 10.0. The van der Waals surface area contributed by atoms with Crippen LogP contribution in [0.15, 0.2) is 0 Å². The average molecular weight is 154 g/mol. The second-order valence-electron chi connectivity index (χ2n) is 0.983. The quantitative estimate of drug-likeness (QED) is 0.287. The van der Waals surface area contributed by atoms with E-state index in [9.17, 15) is 9.59 Å². The number of hydrogen-bond donors (Lipinski definition) is 0. The van der Waals surface area contributed by atoms with Crippen molar-refractivity contribution in [3.8, 4) is 0 Å². The molecule has 0 aliphatic carbocycles. The van der Waals surface area contributed by atoms with E-state index in [-0.39, 0.29) is 11.0 Å². The minimum atomic E-state index is -0.979. The Morgan fingerprint density at radius 1 is 0.900 bits per heavy atom. The first-order valence-electron chi connectivity index (χ1n) is 1.88. The van der Waals surface area contributed by atoms with Crippen LogP contribution in [0.5, 0.6) is 0 Å². The molecule has 0 rings (SSSR count). The molecule has 0 saturated carbocycles. The van der Waals surface area contributed by atoms with E-state index in [1.807, 2.05) is 0 Å². The second-order valence-corrected chi connectivity index (χ2v) is 0.983. The lowest BCUT2D eigenvalue weighted by Crippen LogP contribution is -2.16. The van der Waals surface area contributed by atoms with Gasteiger partial charge in [-0.2, -0.15) is 0 Å². The van der Waals surface area contributed by atoms with Gasteiger partial charge >= 0.3 is 11.9 Å². The molecule has 10 heavy (non-hydrogen) atoms. The van der Waals surface area contributed by atoms with Crippen LogP contribution in [0.2, 0.25) is 0 Å². The molecule has 0 aromatic heterocycles. The molecule has 4 N–H and O–H groups in total. The van der Waals surface area contributed by atoms with E-state index in [1.165, 1.54) is 0 Å². The summed E-state index contributed by atoms with van der Waals surface area (Å²) < 4.78 is 7.98. The first kappa shape index (κ1) is 15.9. The number of ether oxygens (including phenoxy) is 2. The maximum absolute atomic E-state index is 10.0. The van der Waals surface area contributed by atoms with Gasteiger partial charge in [-0.15, -0.1) is 0 Å². The molecule has 0 fully saturated rings. The lowest BCUT2D eigenvalue weighted by Gasteiger charge is -1.92. The van der Waals surface area contributed by atoms with Crippen LogP contribution in [0, 0.1) is 0 Å². The summed E-state index contributed by atoms with van der Waals surface area (Å²) in [5.41, 5.74) is 0. The van der Waals surface area contributed by atoms with E-state index < -0.39 is 11.9 Å². The Morgan fingerprint density at radius 2 is 1.10 bits per heavy atom. The Morgan fingerprint density at radius 3 is 1.20 bits per heavy atom.